The first-order valence-electron chi connectivity index (χ1n) is 10.5. The molecule has 1 aliphatic carbocycles. The second-order valence-electron chi connectivity index (χ2n) is 10.1. The number of nitrogens with one attached hydrogen (secondary N) is 2. The average Bonchev–Trinajstić information content (AvgIpc) is 3.11. The predicted molar refractivity (Wildman–Crippen MR) is 109 cm³/mol. The van der Waals surface area contributed by atoms with Crippen molar-refractivity contribution >= 4 is 17.5 Å². The number of hydrogen-bond acceptors (Lipinski definition) is 4. The molecular weight excluding hydrogens is 352 g/mol. The maximum absolute atomic E-state index is 12.5. The Hall–Kier alpha value is -2.11. The highest BCUT2D eigenvalue weighted by Crippen LogP contribution is 2.59. The standard InChI is InChI=1S/C22H32N4O2/c1-21(2,3)12-19(27)26-8-5-22(6-9-26)11-16(22)14-24-20(28)18-10-15-13-23-7-4-17(15)25-18/h4,7,13,16,18,25H,5-6,8-12,14H2,1-3H3,(H,24,28). The molecule has 2 aliphatic heterocycles. The van der Waals surface area contributed by atoms with E-state index in [1.165, 1.54) is 6.42 Å². The maximum atomic E-state index is 12.5. The largest absolute Gasteiger partial charge is 0.373 e. The highest BCUT2D eigenvalue weighted by molar-refractivity contribution is 5.87. The lowest BCUT2D eigenvalue weighted by Crippen LogP contribution is -2.42. The summed E-state index contributed by atoms with van der Waals surface area (Å²) in [5.74, 6) is 0.923. The van der Waals surface area contributed by atoms with Gasteiger partial charge in [-0.1, -0.05) is 20.8 Å². The number of likely N-dealkylation sites (tertiary alicyclic amines) is 1. The van der Waals surface area contributed by atoms with Crippen molar-refractivity contribution in [3.05, 3.63) is 24.0 Å². The van der Waals surface area contributed by atoms with Crippen LogP contribution >= 0.6 is 0 Å². The number of fused-ring (bicyclic) bond motifs is 1. The highest BCUT2D eigenvalue weighted by atomic mass is 16.2. The molecule has 1 spiro atoms. The van der Waals surface area contributed by atoms with Crippen molar-refractivity contribution < 1.29 is 9.59 Å². The molecule has 0 aromatic carbocycles. The van der Waals surface area contributed by atoms with Crippen molar-refractivity contribution in [2.45, 2.75) is 58.9 Å². The number of carbonyl (C=O) groups is 2. The van der Waals surface area contributed by atoms with Gasteiger partial charge in [0.1, 0.15) is 6.04 Å². The van der Waals surface area contributed by atoms with E-state index in [4.69, 9.17) is 0 Å². The third-order valence-electron chi connectivity index (χ3n) is 6.65. The van der Waals surface area contributed by atoms with Crippen LogP contribution in [-0.4, -0.2) is 47.4 Å². The number of anilines is 1. The summed E-state index contributed by atoms with van der Waals surface area (Å²) in [6.45, 7) is 8.83. The van der Waals surface area contributed by atoms with Gasteiger partial charge >= 0.3 is 0 Å². The molecule has 2 unspecified atom stereocenters. The number of carbonyl (C=O) groups excluding carboxylic acids is 2. The summed E-state index contributed by atoms with van der Waals surface area (Å²) in [7, 11) is 0. The molecule has 1 aromatic rings. The Morgan fingerprint density at radius 2 is 2.07 bits per heavy atom. The molecule has 4 rings (SSSR count). The quantitative estimate of drug-likeness (QED) is 0.837. The lowest BCUT2D eigenvalue weighted by atomic mass is 9.88. The topological polar surface area (TPSA) is 74.3 Å². The molecule has 2 atom stereocenters. The molecule has 2 N–H and O–H groups in total. The first kappa shape index (κ1) is 19.2. The van der Waals surface area contributed by atoms with Crippen LogP contribution in [-0.2, 0) is 16.0 Å². The smallest absolute Gasteiger partial charge is 0.242 e. The monoisotopic (exact) mass is 384 g/mol. The summed E-state index contributed by atoms with van der Waals surface area (Å²) in [6, 6.07) is 1.73. The van der Waals surface area contributed by atoms with E-state index < -0.39 is 0 Å². The molecule has 1 aromatic heterocycles. The molecule has 152 valence electrons. The molecule has 2 amide bonds. The summed E-state index contributed by atoms with van der Waals surface area (Å²) >= 11 is 0. The van der Waals surface area contributed by atoms with Crippen LogP contribution in [0.3, 0.4) is 0 Å². The van der Waals surface area contributed by atoms with Crippen LogP contribution in [0.2, 0.25) is 0 Å². The highest BCUT2D eigenvalue weighted by Gasteiger charge is 2.54. The Kier molecular flexibility index (Phi) is 4.84. The summed E-state index contributed by atoms with van der Waals surface area (Å²) in [4.78, 5) is 31.2. The van der Waals surface area contributed by atoms with Crippen LogP contribution < -0.4 is 10.6 Å². The van der Waals surface area contributed by atoms with Crippen molar-refractivity contribution in [3.63, 3.8) is 0 Å². The first-order chi connectivity index (χ1) is 13.3. The van der Waals surface area contributed by atoms with E-state index in [1.54, 1.807) is 6.20 Å². The zero-order valence-electron chi connectivity index (χ0n) is 17.3. The summed E-state index contributed by atoms with van der Waals surface area (Å²) in [5.41, 5.74) is 2.52. The van der Waals surface area contributed by atoms with E-state index in [0.717, 1.165) is 43.7 Å². The van der Waals surface area contributed by atoms with Crippen molar-refractivity contribution in [1.82, 2.24) is 15.2 Å². The van der Waals surface area contributed by atoms with Gasteiger partial charge in [0.15, 0.2) is 0 Å². The van der Waals surface area contributed by atoms with Crippen LogP contribution in [0.15, 0.2) is 18.5 Å². The molecule has 0 bridgehead atoms. The van der Waals surface area contributed by atoms with Gasteiger partial charge in [-0.3, -0.25) is 14.6 Å². The molecule has 1 saturated heterocycles. The van der Waals surface area contributed by atoms with E-state index in [-0.39, 0.29) is 23.3 Å². The van der Waals surface area contributed by atoms with Gasteiger partial charge in [-0.25, -0.2) is 0 Å². The van der Waals surface area contributed by atoms with Crippen LogP contribution in [0.5, 0.6) is 0 Å². The van der Waals surface area contributed by atoms with Gasteiger partial charge in [0, 0.05) is 50.6 Å². The Labute approximate surface area is 167 Å². The average molecular weight is 385 g/mol. The number of rotatable bonds is 4. The predicted octanol–water partition coefficient (Wildman–Crippen LogP) is 2.60. The van der Waals surface area contributed by atoms with Gasteiger partial charge in [0.25, 0.3) is 0 Å². The molecule has 6 nitrogen and oxygen atoms in total. The minimum absolute atomic E-state index is 0.0443. The van der Waals surface area contributed by atoms with E-state index in [0.29, 0.717) is 24.2 Å². The third-order valence-corrected chi connectivity index (χ3v) is 6.65. The fraction of sp³-hybridized carbons (Fsp3) is 0.682. The zero-order chi connectivity index (χ0) is 19.9. The summed E-state index contributed by atoms with van der Waals surface area (Å²) in [5, 5.41) is 6.45. The van der Waals surface area contributed by atoms with E-state index >= 15 is 0 Å². The number of piperidine rings is 1. The van der Waals surface area contributed by atoms with Gasteiger partial charge in [0.2, 0.25) is 11.8 Å². The van der Waals surface area contributed by atoms with Crippen LogP contribution in [0.1, 0.15) is 52.0 Å². The van der Waals surface area contributed by atoms with Gasteiger partial charge in [-0.15, -0.1) is 0 Å². The zero-order valence-corrected chi connectivity index (χ0v) is 17.3. The number of aromatic nitrogens is 1. The van der Waals surface area contributed by atoms with Crippen LogP contribution in [0.4, 0.5) is 5.69 Å². The fourth-order valence-electron chi connectivity index (χ4n) is 4.79. The normalized spacial score (nSPS) is 25.2. The van der Waals surface area contributed by atoms with Crippen molar-refractivity contribution in [1.29, 1.82) is 0 Å². The number of pyridine rings is 1. The molecule has 6 heteroatoms. The molecule has 1 saturated carbocycles. The minimum atomic E-state index is -0.189. The molecule has 0 radical (unpaired) electrons. The Bertz CT molecular complexity index is 737. The SMILES string of the molecule is CC(C)(C)CC(=O)N1CCC2(CC1)CC2CNC(=O)C1Cc2cnccc2N1. The lowest BCUT2D eigenvalue weighted by molar-refractivity contribution is -0.134. The molecule has 3 heterocycles. The van der Waals surface area contributed by atoms with E-state index in [2.05, 4.69) is 36.4 Å². The van der Waals surface area contributed by atoms with Crippen LogP contribution in [0, 0.1) is 16.7 Å². The molecule has 2 fully saturated rings. The minimum Gasteiger partial charge on any atom is -0.373 e. The summed E-state index contributed by atoms with van der Waals surface area (Å²) in [6.07, 6.45) is 8.22. The Morgan fingerprint density at radius 1 is 1.32 bits per heavy atom. The van der Waals surface area contributed by atoms with Crippen molar-refractivity contribution in [3.8, 4) is 0 Å². The fourth-order valence-corrected chi connectivity index (χ4v) is 4.79. The number of nitrogens with zero attached hydrogens (tertiary/aromatic N) is 2. The number of hydrogen-bond donors (Lipinski definition) is 2. The van der Waals surface area contributed by atoms with Gasteiger partial charge < -0.3 is 15.5 Å². The Balaban J connectivity index is 1.21. The van der Waals surface area contributed by atoms with E-state index in [9.17, 15) is 9.59 Å². The molecule has 3 aliphatic rings. The maximum Gasteiger partial charge on any atom is 0.242 e. The van der Waals surface area contributed by atoms with Crippen molar-refractivity contribution in [2.75, 3.05) is 25.0 Å². The second kappa shape index (κ2) is 7.05. The number of amides is 2. The van der Waals surface area contributed by atoms with Gasteiger partial charge in [-0.2, -0.15) is 0 Å². The van der Waals surface area contributed by atoms with Gasteiger partial charge in [-0.05, 0) is 47.6 Å². The third kappa shape index (κ3) is 4.01. The van der Waals surface area contributed by atoms with E-state index in [1.807, 2.05) is 17.2 Å². The molecule has 28 heavy (non-hydrogen) atoms. The van der Waals surface area contributed by atoms with Crippen LogP contribution in [0.25, 0.3) is 0 Å². The van der Waals surface area contributed by atoms with Crippen molar-refractivity contribution in [2.24, 2.45) is 16.7 Å². The lowest BCUT2D eigenvalue weighted by Gasteiger charge is -2.34. The first-order valence-corrected chi connectivity index (χ1v) is 10.5. The second-order valence-corrected chi connectivity index (χ2v) is 10.1. The summed E-state index contributed by atoms with van der Waals surface area (Å²) < 4.78 is 0. The van der Waals surface area contributed by atoms with Gasteiger partial charge in [0.05, 0.1) is 0 Å². The Morgan fingerprint density at radius 3 is 2.75 bits per heavy atom. The molecular formula is C22H32N4O2.